The maximum Gasteiger partial charge on any atom is 0.233 e. The molecule has 0 saturated heterocycles. The van der Waals surface area contributed by atoms with Crippen LogP contribution in [0, 0.1) is 5.82 Å². The van der Waals surface area contributed by atoms with Crippen molar-refractivity contribution in [2.45, 2.75) is 17.1 Å². The minimum absolute atomic E-state index is 0.0953. The molecule has 6 heteroatoms. The van der Waals surface area contributed by atoms with Gasteiger partial charge in [-0.3, -0.25) is 4.79 Å². The third kappa shape index (κ3) is 5.77. The molecule has 0 fully saturated rings. The first kappa shape index (κ1) is 17.6. The summed E-state index contributed by atoms with van der Waals surface area (Å²) in [6.45, 7) is 2.36. The summed E-state index contributed by atoms with van der Waals surface area (Å²) in [4.78, 5) is 13.0. The van der Waals surface area contributed by atoms with Crippen LogP contribution in [0.1, 0.15) is 6.92 Å². The first-order valence-corrected chi connectivity index (χ1v) is 8.39. The minimum atomic E-state index is -0.412. The number of rotatable bonds is 7. The Balaban J connectivity index is 1.72. The highest BCUT2D eigenvalue weighted by Crippen LogP contribution is 2.24. The number of hydrogen-bond acceptors (Lipinski definition) is 3. The van der Waals surface area contributed by atoms with E-state index in [4.69, 9.17) is 16.3 Å². The maximum absolute atomic E-state index is 13.3. The van der Waals surface area contributed by atoms with Gasteiger partial charge in [-0.25, -0.2) is 4.39 Å². The van der Waals surface area contributed by atoms with Gasteiger partial charge in [-0.15, -0.1) is 11.8 Å². The Morgan fingerprint density at radius 3 is 2.65 bits per heavy atom. The number of amides is 1. The van der Waals surface area contributed by atoms with E-state index in [1.807, 2.05) is 19.1 Å². The van der Waals surface area contributed by atoms with Crippen LogP contribution in [0.3, 0.4) is 0 Å². The number of benzene rings is 2. The zero-order valence-electron chi connectivity index (χ0n) is 12.6. The lowest BCUT2D eigenvalue weighted by Crippen LogP contribution is -2.34. The van der Waals surface area contributed by atoms with Crippen LogP contribution in [-0.4, -0.2) is 24.3 Å². The van der Waals surface area contributed by atoms with Crippen molar-refractivity contribution in [1.29, 1.82) is 0 Å². The van der Waals surface area contributed by atoms with Gasteiger partial charge in [0.25, 0.3) is 0 Å². The summed E-state index contributed by atoms with van der Waals surface area (Å²) in [5.41, 5.74) is 0. The lowest BCUT2D eigenvalue weighted by atomic mass is 10.3. The molecule has 0 aliphatic carbocycles. The second-order valence-corrected chi connectivity index (χ2v) is 6.63. The van der Waals surface area contributed by atoms with Crippen molar-refractivity contribution in [2.24, 2.45) is 0 Å². The van der Waals surface area contributed by atoms with Gasteiger partial charge in [0, 0.05) is 9.92 Å². The van der Waals surface area contributed by atoms with Crippen molar-refractivity contribution in [3.63, 3.8) is 0 Å². The van der Waals surface area contributed by atoms with E-state index in [1.54, 1.807) is 30.3 Å². The van der Waals surface area contributed by atoms with Gasteiger partial charge in [-0.1, -0.05) is 23.7 Å². The molecule has 0 radical (unpaired) electrons. The van der Waals surface area contributed by atoms with E-state index in [-0.39, 0.29) is 23.5 Å². The number of para-hydroxylation sites is 1. The predicted octanol–water partition coefficient (Wildman–Crippen LogP) is 4.15. The van der Waals surface area contributed by atoms with Gasteiger partial charge in [0.05, 0.1) is 11.8 Å². The molecule has 0 aliphatic heterocycles. The molecule has 1 N–H and O–H groups in total. The van der Waals surface area contributed by atoms with Crippen molar-refractivity contribution >= 4 is 29.3 Å². The van der Waals surface area contributed by atoms with Crippen molar-refractivity contribution in [3.8, 4) is 5.75 Å². The fraction of sp³-hybridized carbons (Fsp3) is 0.235. The molecule has 2 aromatic carbocycles. The molecule has 0 bridgehead atoms. The first-order valence-electron chi connectivity index (χ1n) is 7.13. The summed E-state index contributed by atoms with van der Waals surface area (Å²) in [6.07, 6.45) is 0. The molecule has 23 heavy (non-hydrogen) atoms. The number of carbonyl (C=O) groups is 1. The van der Waals surface area contributed by atoms with Crippen molar-refractivity contribution in [1.82, 2.24) is 5.32 Å². The fourth-order valence-electron chi connectivity index (χ4n) is 1.81. The minimum Gasteiger partial charge on any atom is -0.489 e. The van der Waals surface area contributed by atoms with Crippen LogP contribution in [0.2, 0.25) is 5.02 Å². The maximum atomic E-state index is 13.3. The Labute approximate surface area is 144 Å². The summed E-state index contributed by atoms with van der Waals surface area (Å²) < 4.78 is 18.6. The van der Waals surface area contributed by atoms with E-state index in [9.17, 15) is 9.18 Å². The van der Waals surface area contributed by atoms with E-state index in [0.717, 1.165) is 4.90 Å². The van der Waals surface area contributed by atoms with Gasteiger partial charge in [0.15, 0.2) is 11.6 Å². The number of thioether (sulfide) groups is 1. The number of halogens is 2. The summed E-state index contributed by atoms with van der Waals surface area (Å²) in [7, 11) is 0. The molecule has 122 valence electrons. The summed E-state index contributed by atoms with van der Waals surface area (Å²) in [5.74, 6) is -0.321. The van der Waals surface area contributed by atoms with Crippen molar-refractivity contribution in [2.75, 3.05) is 13.2 Å². The smallest absolute Gasteiger partial charge is 0.233 e. The molecule has 2 rings (SSSR count). The Morgan fingerprint density at radius 1 is 1.26 bits per heavy atom. The molecule has 3 nitrogen and oxygen atoms in total. The van der Waals surface area contributed by atoms with E-state index in [2.05, 4.69) is 5.32 Å². The SMILES string of the molecule is CC(Sc1ccc(Cl)cc1)C(=O)NCCOc1ccccc1F. The summed E-state index contributed by atoms with van der Waals surface area (Å²) >= 11 is 7.27. The molecule has 0 aliphatic rings. The topological polar surface area (TPSA) is 38.3 Å². The highest BCUT2D eigenvalue weighted by molar-refractivity contribution is 8.00. The second-order valence-electron chi connectivity index (χ2n) is 4.78. The third-order valence-corrected chi connectivity index (χ3v) is 4.36. The molecule has 0 aromatic heterocycles. The van der Waals surface area contributed by atoms with Crippen molar-refractivity contribution in [3.05, 3.63) is 59.4 Å². The van der Waals surface area contributed by atoms with Gasteiger partial charge in [-0.2, -0.15) is 0 Å². The molecule has 0 heterocycles. The van der Waals surface area contributed by atoms with E-state index >= 15 is 0 Å². The van der Waals surface area contributed by atoms with Crippen LogP contribution in [0.5, 0.6) is 5.75 Å². The zero-order chi connectivity index (χ0) is 16.7. The zero-order valence-corrected chi connectivity index (χ0v) is 14.2. The summed E-state index contributed by atoms with van der Waals surface area (Å²) in [6, 6.07) is 13.5. The Bertz CT molecular complexity index is 651. The lowest BCUT2D eigenvalue weighted by Gasteiger charge is -2.12. The van der Waals surface area contributed by atoms with Gasteiger partial charge < -0.3 is 10.1 Å². The van der Waals surface area contributed by atoms with E-state index in [0.29, 0.717) is 11.6 Å². The number of nitrogens with one attached hydrogen (secondary N) is 1. The average Bonchev–Trinajstić information content (AvgIpc) is 2.55. The largest absolute Gasteiger partial charge is 0.489 e. The van der Waals surface area contributed by atoms with Crippen LogP contribution in [-0.2, 0) is 4.79 Å². The molecule has 0 spiro atoms. The molecule has 0 saturated carbocycles. The Kier molecular flexibility index (Phi) is 6.74. The first-order chi connectivity index (χ1) is 11.1. The van der Waals surface area contributed by atoms with Crippen LogP contribution in [0.4, 0.5) is 4.39 Å². The predicted molar refractivity (Wildman–Crippen MR) is 91.7 cm³/mol. The van der Waals surface area contributed by atoms with Crippen LogP contribution < -0.4 is 10.1 Å². The second kappa shape index (κ2) is 8.79. The Morgan fingerprint density at radius 2 is 1.96 bits per heavy atom. The monoisotopic (exact) mass is 353 g/mol. The average molecular weight is 354 g/mol. The molecular formula is C17H17ClFNO2S. The molecule has 1 unspecified atom stereocenters. The molecule has 1 atom stereocenters. The van der Waals surface area contributed by atoms with Crippen LogP contribution >= 0.6 is 23.4 Å². The van der Waals surface area contributed by atoms with E-state index < -0.39 is 5.82 Å². The highest BCUT2D eigenvalue weighted by atomic mass is 35.5. The Hall–Kier alpha value is -1.72. The van der Waals surface area contributed by atoms with Gasteiger partial charge in [0.1, 0.15) is 6.61 Å². The van der Waals surface area contributed by atoms with Crippen LogP contribution in [0.15, 0.2) is 53.4 Å². The fourth-order valence-corrected chi connectivity index (χ4v) is 2.83. The van der Waals surface area contributed by atoms with E-state index in [1.165, 1.54) is 17.8 Å². The molecule has 2 aromatic rings. The molecular weight excluding hydrogens is 337 g/mol. The van der Waals surface area contributed by atoms with Crippen molar-refractivity contribution < 1.29 is 13.9 Å². The van der Waals surface area contributed by atoms with Gasteiger partial charge in [-0.05, 0) is 43.3 Å². The number of carbonyl (C=O) groups excluding carboxylic acids is 1. The van der Waals surface area contributed by atoms with Gasteiger partial charge in [0.2, 0.25) is 5.91 Å². The third-order valence-electron chi connectivity index (χ3n) is 2.99. The standard InChI is InChI=1S/C17H17ClFNO2S/c1-12(23-14-8-6-13(18)7-9-14)17(21)20-10-11-22-16-5-3-2-4-15(16)19/h2-9,12H,10-11H2,1H3,(H,20,21). The van der Waals surface area contributed by atoms with Crippen LogP contribution in [0.25, 0.3) is 0 Å². The normalized spacial score (nSPS) is 11.8. The number of hydrogen-bond donors (Lipinski definition) is 1. The highest BCUT2D eigenvalue weighted by Gasteiger charge is 2.13. The number of ether oxygens (including phenoxy) is 1. The molecule has 1 amide bonds. The lowest BCUT2D eigenvalue weighted by molar-refractivity contribution is -0.120. The summed E-state index contributed by atoms with van der Waals surface area (Å²) in [5, 5.41) is 3.19. The quantitative estimate of drug-likeness (QED) is 0.600. The van der Waals surface area contributed by atoms with Gasteiger partial charge >= 0.3 is 0 Å².